The maximum Gasteiger partial charge on any atom is 0.0773 e. The first-order valence-corrected chi connectivity index (χ1v) is 12.2. The van der Waals surface area contributed by atoms with Crippen LogP contribution < -0.4 is 0 Å². The van der Waals surface area contributed by atoms with Gasteiger partial charge < -0.3 is 4.74 Å². The molecule has 1 rings (SSSR count). The lowest BCUT2D eigenvalue weighted by atomic mass is 9.99. The van der Waals surface area contributed by atoms with Gasteiger partial charge in [0, 0.05) is 11.0 Å². The van der Waals surface area contributed by atoms with Gasteiger partial charge in [-0.1, -0.05) is 44.2 Å². The summed E-state index contributed by atoms with van der Waals surface area (Å²) in [5.41, 5.74) is 0. The molecule has 3 atom stereocenters. The van der Waals surface area contributed by atoms with Gasteiger partial charge in [-0.05, 0) is 56.8 Å². The predicted octanol–water partition coefficient (Wildman–Crippen LogP) is 6.19. The highest BCUT2D eigenvalue weighted by atomic mass is 79.9. The number of halogens is 3. The summed E-state index contributed by atoms with van der Waals surface area (Å²) in [6.07, 6.45) is 4.49. The fraction of sp³-hybridized carbons (Fsp3) is 0.714. The molecule has 1 unspecified atom stereocenters. The Balaban J connectivity index is 2.97. The zero-order valence-corrected chi connectivity index (χ0v) is 17.2. The van der Waals surface area contributed by atoms with Crippen molar-refractivity contribution < 1.29 is 4.74 Å². The monoisotopic (exact) mass is 428 g/mol. The number of hydrogen-bond donors (Lipinski definition) is 0. The Morgan fingerprint density at radius 3 is 2.37 bits per heavy atom. The smallest absolute Gasteiger partial charge is 0.0773 e. The van der Waals surface area contributed by atoms with Crippen molar-refractivity contribution in [3.63, 3.8) is 0 Å². The van der Waals surface area contributed by atoms with E-state index in [0.717, 1.165) is 21.3 Å². The van der Waals surface area contributed by atoms with Crippen molar-refractivity contribution in [3.8, 4) is 0 Å². The molecule has 0 fully saturated rings. The summed E-state index contributed by atoms with van der Waals surface area (Å²) in [6, 6.07) is 0. The van der Waals surface area contributed by atoms with E-state index in [0.29, 0.717) is 5.92 Å². The van der Waals surface area contributed by atoms with Gasteiger partial charge in [-0.25, -0.2) is 0 Å². The van der Waals surface area contributed by atoms with Crippen molar-refractivity contribution >= 4 is 51.5 Å². The van der Waals surface area contributed by atoms with Crippen LogP contribution in [0.5, 0.6) is 0 Å². The van der Waals surface area contributed by atoms with E-state index in [1.54, 1.807) is 0 Å². The van der Waals surface area contributed by atoms with Crippen LogP contribution in [0.4, 0.5) is 0 Å². The van der Waals surface area contributed by atoms with Crippen molar-refractivity contribution in [2.24, 2.45) is 5.92 Å². The topological polar surface area (TPSA) is 9.23 Å². The second-order valence-corrected chi connectivity index (χ2v) is 14.4. The van der Waals surface area contributed by atoms with E-state index < -0.39 is 8.07 Å². The highest BCUT2D eigenvalue weighted by Gasteiger charge is 2.37. The lowest BCUT2D eigenvalue weighted by Crippen LogP contribution is -2.42. The summed E-state index contributed by atoms with van der Waals surface area (Å²) in [6.45, 7) is 11.3. The first kappa shape index (κ1) is 18.0. The molecule has 19 heavy (non-hydrogen) atoms. The molecule has 0 saturated carbocycles. The Morgan fingerprint density at radius 2 is 1.89 bits per heavy atom. The van der Waals surface area contributed by atoms with Gasteiger partial charge in [0.2, 0.25) is 0 Å². The fourth-order valence-corrected chi connectivity index (χ4v) is 6.18. The molecular formula is C14H23Br2ClOSi. The second-order valence-electron chi connectivity index (χ2n) is 6.20. The van der Waals surface area contributed by atoms with Gasteiger partial charge in [0.25, 0.3) is 0 Å². The first-order valence-electron chi connectivity index (χ1n) is 6.71. The van der Waals surface area contributed by atoms with Gasteiger partial charge in [0.1, 0.15) is 0 Å². The number of rotatable bonds is 4. The Bertz CT molecular complexity index is 383. The van der Waals surface area contributed by atoms with E-state index in [2.05, 4.69) is 71.4 Å². The summed E-state index contributed by atoms with van der Waals surface area (Å²) >= 11 is 13.4. The standard InChI is InChI=1S/C14H23Br2ClOSi/c1-9-10(2)18-11(7-6-8-12(15)16)14(13(9)17)19(3,4)5/h8-11H,6-7H2,1-5H3/t9?,10-,11+/m0/s1. The molecule has 0 aromatic heterocycles. The average molecular weight is 431 g/mol. The molecule has 0 saturated heterocycles. The van der Waals surface area contributed by atoms with Crippen LogP contribution in [0, 0.1) is 5.92 Å². The minimum absolute atomic E-state index is 0.181. The van der Waals surface area contributed by atoms with Gasteiger partial charge in [0.15, 0.2) is 0 Å². The summed E-state index contributed by atoms with van der Waals surface area (Å²) in [4.78, 5) is 0. The van der Waals surface area contributed by atoms with Crippen molar-refractivity contribution in [2.45, 2.75) is 58.5 Å². The third-order valence-electron chi connectivity index (χ3n) is 3.60. The van der Waals surface area contributed by atoms with E-state index in [4.69, 9.17) is 16.3 Å². The third kappa shape index (κ3) is 4.99. The van der Waals surface area contributed by atoms with E-state index in [1.165, 1.54) is 5.20 Å². The van der Waals surface area contributed by atoms with Crippen LogP contribution >= 0.6 is 43.5 Å². The summed E-state index contributed by atoms with van der Waals surface area (Å²) in [7, 11) is -1.45. The quantitative estimate of drug-likeness (QED) is 0.483. The maximum atomic E-state index is 6.65. The van der Waals surface area contributed by atoms with Crippen LogP contribution in [-0.2, 0) is 4.74 Å². The normalized spacial score (nSPS) is 28.5. The van der Waals surface area contributed by atoms with E-state index in [1.807, 2.05) is 0 Å². The van der Waals surface area contributed by atoms with Crippen molar-refractivity contribution in [3.05, 3.63) is 19.7 Å². The molecule has 0 aromatic rings. The Hall–Kier alpha value is 0.907. The zero-order chi connectivity index (χ0) is 14.8. The molecule has 1 aliphatic rings. The van der Waals surface area contributed by atoms with Gasteiger partial charge >= 0.3 is 0 Å². The minimum Gasteiger partial charge on any atom is -0.371 e. The summed E-state index contributed by atoms with van der Waals surface area (Å²) < 4.78 is 7.22. The van der Waals surface area contributed by atoms with Gasteiger partial charge in [0.05, 0.1) is 23.7 Å². The SMILES string of the molecule is CC1C(Cl)=C([Si](C)(C)C)[C@@H](CCC=C(Br)Br)O[C@H]1C. The van der Waals surface area contributed by atoms with Crippen LogP contribution in [0.25, 0.3) is 0 Å². The number of allylic oxidation sites excluding steroid dienone is 1. The van der Waals surface area contributed by atoms with Gasteiger partial charge in [-0.3, -0.25) is 0 Å². The zero-order valence-electron chi connectivity index (χ0n) is 12.3. The number of ether oxygens (including phenoxy) is 1. The molecule has 1 nitrogen and oxygen atoms in total. The molecule has 110 valence electrons. The third-order valence-corrected chi connectivity index (χ3v) is 7.16. The van der Waals surface area contributed by atoms with Crippen molar-refractivity contribution in [1.82, 2.24) is 0 Å². The molecule has 1 aliphatic heterocycles. The molecule has 0 radical (unpaired) electrons. The lowest BCUT2D eigenvalue weighted by molar-refractivity contribution is -0.0144. The average Bonchev–Trinajstić information content (AvgIpc) is 2.23. The van der Waals surface area contributed by atoms with Crippen molar-refractivity contribution in [1.29, 1.82) is 0 Å². The predicted molar refractivity (Wildman–Crippen MR) is 94.9 cm³/mol. The molecular weight excluding hydrogens is 408 g/mol. The first-order chi connectivity index (χ1) is 8.64. The van der Waals surface area contributed by atoms with Crippen molar-refractivity contribution in [2.75, 3.05) is 0 Å². The van der Waals surface area contributed by atoms with Crippen LogP contribution in [0.1, 0.15) is 26.7 Å². The highest BCUT2D eigenvalue weighted by molar-refractivity contribution is 9.28. The molecule has 0 aliphatic carbocycles. The van der Waals surface area contributed by atoms with Gasteiger partial charge in [-0.15, -0.1) is 0 Å². The van der Waals surface area contributed by atoms with Crippen LogP contribution in [0.2, 0.25) is 19.6 Å². The molecule has 5 heteroatoms. The van der Waals surface area contributed by atoms with E-state index in [9.17, 15) is 0 Å². The molecule has 0 aromatic carbocycles. The molecule has 0 bridgehead atoms. The van der Waals surface area contributed by atoms with E-state index >= 15 is 0 Å². The molecule has 0 amide bonds. The molecule has 0 N–H and O–H groups in total. The van der Waals surface area contributed by atoms with Crippen LogP contribution in [0.15, 0.2) is 19.7 Å². The second kappa shape index (κ2) is 7.26. The Kier molecular flexibility index (Phi) is 6.86. The summed E-state index contributed by atoms with van der Waals surface area (Å²) in [5.74, 6) is 0.318. The highest BCUT2D eigenvalue weighted by Crippen LogP contribution is 2.39. The maximum absolute atomic E-state index is 6.65. The van der Waals surface area contributed by atoms with Crippen LogP contribution in [-0.4, -0.2) is 20.3 Å². The number of hydrogen-bond acceptors (Lipinski definition) is 1. The Labute approximate surface area is 140 Å². The van der Waals surface area contributed by atoms with E-state index in [-0.39, 0.29) is 12.2 Å². The van der Waals surface area contributed by atoms with Gasteiger partial charge in [-0.2, -0.15) is 0 Å². The largest absolute Gasteiger partial charge is 0.371 e. The fourth-order valence-electron chi connectivity index (χ4n) is 2.45. The Morgan fingerprint density at radius 1 is 1.32 bits per heavy atom. The van der Waals surface area contributed by atoms with Crippen LogP contribution in [0.3, 0.4) is 0 Å². The summed E-state index contributed by atoms with van der Waals surface area (Å²) in [5, 5.41) is 2.46. The lowest BCUT2D eigenvalue weighted by Gasteiger charge is -2.40. The molecule has 1 heterocycles. The minimum atomic E-state index is -1.45. The molecule has 0 spiro atoms.